The van der Waals surface area contributed by atoms with Gasteiger partial charge in [-0.2, -0.15) is 5.10 Å². The van der Waals surface area contributed by atoms with Gasteiger partial charge in [-0.25, -0.2) is 4.98 Å². The maximum absolute atomic E-state index is 5.25. The van der Waals surface area contributed by atoms with Gasteiger partial charge in [0.25, 0.3) is 0 Å². The molecule has 24 heavy (non-hydrogen) atoms. The van der Waals surface area contributed by atoms with Crippen molar-refractivity contribution < 1.29 is 4.74 Å². The third-order valence-electron chi connectivity index (χ3n) is 3.66. The first-order valence-electron chi connectivity index (χ1n) is 8.07. The van der Waals surface area contributed by atoms with Crippen LogP contribution in [0.3, 0.4) is 0 Å². The lowest BCUT2D eigenvalue weighted by Crippen LogP contribution is -2.37. The Labute approximate surface area is 143 Å². The van der Waals surface area contributed by atoms with E-state index in [2.05, 4.69) is 38.7 Å². The Bertz CT molecular complexity index is 679. The minimum Gasteiger partial charge on any atom is -0.481 e. The van der Waals surface area contributed by atoms with Gasteiger partial charge in [0.05, 0.1) is 12.8 Å². The van der Waals surface area contributed by atoms with Gasteiger partial charge in [0.15, 0.2) is 5.96 Å². The van der Waals surface area contributed by atoms with Crippen molar-refractivity contribution in [3.63, 3.8) is 0 Å². The Kier molecular flexibility index (Phi) is 6.60. The van der Waals surface area contributed by atoms with Crippen LogP contribution in [0.1, 0.15) is 23.4 Å². The molecule has 0 atom stereocenters. The van der Waals surface area contributed by atoms with Crippen molar-refractivity contribution in [2.24, 2.45) is 4.99 Å². The van der Waals surface area contributed by atoms with Gasteiger partial charge in [-0.15, -0.1) is 0 Å². The Morgan fingerprint density at radius 3 is 2.83 bits per heavy atom. The van der Waals surface area contributed by atoms with Gasteiger partial charge >= 0.3 is 0 Å². The van der Waals surface area contributed by atoms with Crippen LogP contribution in [0.4, 0.5) is 0 Å². The summed E-state index contributed by atoms with van der Waals surface area (Å²) in [5.41, 5.74) is 3.24. The fourth-order valence-electron chi connectivity index (χ4n) is 2.48. The second kappa shape index (κ2) is 8.90. The van der Waals surface area contributed by atoms with Gasteiger partial charge in [-0.1, -0.05) is 6.07 Å². The molecule has 0 aliphatic carbocycles. The molecule has 7 heteroatoms. The van der Waals surface area contributed by atoms with E-state index in [0.29, 0.717) is 12.4 Å². The van der Waals surface area contributed by atoms with Crippen LogP contribution < -0.4 is 15.4 Å². The molecule has 2 aromatic heterocycles. The summed E-state index contributed by atoms with van der Waals surface area (Å²) in [7, 11) is 3.38. The van der Waals surface area contributed by atoms with E-state index < -0.39 is 0 Å². The molecule has 0 aliphatic rings. The summed E-state index contributed by atoms with van der Waals surface area (Å²) in [5.74, 6) is 1.39. The molecule has 0 saturated heterocycles. The topological polar surface area (TPSA) is 76.4 Å². The van der Waals surface area contributed by atoms with Crippen LogP contribution in [0.5, 0.6) is 5.88 Å². The van der Waals surface area contributed by atoms with E-state index in [9.17, 15) is 0 Å². The Morgan fingerprint density at radius 1 is 1.33 bits per heavy atom. The zero-order valence-electron chi connectivity index (χ0n) is 14.8. The fourth-order valence-corrected chi connectivity index (χ4v) is 2.48. The Balaban J connectivity index is 1.75. The second-order valence-corrected chi connectivity index (χ2v) is 5.53. The lowest BCUT2D eigenvalue weighted by molar-refractivity contribution is 0.392. The lowest BCUT2D eigenvalue weighted by atomic mass is 10.2. The number of rotatable bonds is 7. The number of guanidine groups is 1. The van der Waals surface area contributed by atoms with E-state index in [1.165, 1.54) is 5.69 Å². The summed E-state index contributed by atoms with van der Waals surface area (Å²) in [5, 5.41) is 11.0. The molecule has 0 unspecified atom stereocenters. The molecule has 130 valence electrons. The van der Waals surface area contributed by atoms with Crippen molar-refractivity contribution in [2.45, 2.75) is 33.4 Å². The molecule has 2 N–H and O–H groups in total. The first kappa shape index (κ1) is 17.8. The molecular weight excluding hydrogens is 304 g/mol. The summed E-state index contributed by atoms with van der Waals surface area (Å²) in [6, 6.07) is 5.97. The van der Waals surface area contributed by atoms with Crippen molar-refractivity contribution in [3.05, 3.63) is 41.3 Å². The van der Waals surface area contributed by atoms with E-state index in [1.54, 1.807) is 20.4 Å². The van der Waals surface area contributed by atoms with Crippen molar-refractivity contribution in [2.75, 3.05) is 20.7 Å². The van der Waals surface area contributed by atoms with Gasteiger partial charge in [-0.05, 0) is 32.4 Å². The van der Waals surface area contributed by atoms with Gasteiger partial charge in [0.1, 0.15) is 0 Å². The number of aryl methyl sites for hydroxylation is 3. The number of ether oxygens (including phenoxy) is 1. The molecule has 0 spiro atoms. The van der Waals surface area contributed by atoms with Crippen molar-refractivity contribution in [3.8, 4) is 5.88 Å². The molecule has 2 rings (SSSR count). The van der Waals surface area contributed by atoms with Gasteiger partial charge < -0.3 is 15.4 Å². The number of hydrogen-bond donors (Lipinski definition) is 2. The van der Waals surface area contributed by atoms with Crippen molar-refractivity contribution in [1.29, 1.82) is 0 Å². The smallest absolute Gasteiger partial charge is 0.218 e. The molecule has 0 aliphatic heterocycles. The molecule has 0 bridgehead atoms. The summed E-state index contributed by atoms with van der Waals surface area (Å²) >= 11 is 0. The molecule has 0 amide bonds. The highest BCUT2D eigenvalue weighted by Gasteiger charge is 2.05. The third kappa shape index (κ3) is 4.97. The summed E-state index contributed by atoms with van der Waals surface area (Å²) in [4.78, 5) is 8.42. The average molecular weight is 330 g/mol. The van der Waals surface area contributed by atoms with Crippen LogP contribution in [0, 0.1) is 13.8 Å². The number of aliphatic imine (C=N–C) groups is 1. The second-order valence-electron chi connectivity index (χ2n) is 5.53. The van der Waals surface area contributed by atoms with Crippen LogP contribution in [0.25, 0.3) is 0 Å². The molecule has 2 aromatic rings. The van der Waals surface area contributed by atoms with Crippen molar-refractivity contribution in [1.82, 2.24) is 25.4 Å². The highest BCUT2D eigenvalue weighted by molar-refractivity contribution is 5.79. The number of methoxy groups -OCH3 is 1. The maximum atomic E-state index is 5.25. The van der Waals surface area contributed by atoms with Crippen LogP contribution in [-0.2, 0) is 13.1 Å². The molecule has 0 saturated carbocycles. The first-order chi connectivity index (χ1) is 11.6. The first-order valence-corrected chi connectivity index (χ1v) is 8.07. The zero-order chi connectivity index (χ0) is 17.4. The van der Waals surface area contributed by atoms with Crippen LogP contribution in [0.15, 0.2) is 29.4 Å². The van der Waals surface area contributed by atoms with E-state index >= 15 is 0 Å². The highest BCUT2D eigenvalue weighted by Crippen LogP contribution is 2.12. The molecule has 0 aromatic carbocycles. The normalized spacial score (nSPS) is 11.4. The molecule has 2 heterocycles. The molecular formula is C17H26N6O. The minimum absolute atomic E-state index is 0.605. The lowest BCUT2D eigenvalue weighted by Gasteiger charge is -2.13. The Hall–Kier alpha value is -2.57. The summed E-state index contributed by atoms with van der Waals surface area (Å²) in [6.45, 7) is 6.41. The van der Waals surface area contributed by atoms with E-state index in [-0.39, 0.29) is 0 Å². The summed E-state index contributed by atoms with van der Waals surface area (Å²) < 4.78 is 7.29. The van der Waals surface area contributed by atoms with Crippen LogP contribution in [-0.4, -0.2) is 41.4 Å². The van der Waals surface area contributed by atoms with Gasteiger partial charge in [-0.3, -0.25) is 9.67 Å². The zero-order valence-corrected chi connectivity index (χ0v) is 14.8. The van der Waals surface area contributed by atoms with E-state index in [4.69, 9.17) is 4.74 Å². The highest BCUT2D eigenvalue weighted by atomic mass is 16.5. The Morgan fingerprint density at radius 2 is 2.17 bits per heavy atom. The monoisotopic (exact) mass is 330 g/mol. The third-order valence-corrected chi connectivity index (χ3v) is 3.66. The van der Waals surface area contributed by atoms with Crippen molar-refractivity contribution >= 4 is 5.96 Å². The number of hydrogen-bond acceptors (Lipinski definition) is 4. The van der Waals surface area contributed by atoms with E-state index in [0.717, 1.165) is 36.7 Å². The van der Waals surface area contributed by atoms with Gasteiger partial charge in [0, 0.05) is 44.1 Å². The minimum atomic E-state index is 0.605. The molecule has 7 nitrogen and oxygen atoms in total. The predicted octanol–water partition coefficient (Wildman–Crippen LogP) is 1.66. The molecule has 0 fully saturated rings. The van der Waals surface area contributed by atoms with E-state index in [1.807, 2.05) is 23.7 Å². The largest absolute Gasteiger partial charge is 0.481 e. The van der Waals surface area contributed by atoms with Crippen LogP contribution in [0.2, 0.25) is 0 Å². The number of pyridine rings is 1. The maximum Gasteiger partial charge on any atom is 0.218 e. The molecule has 0 radical (unpaired) electrons. The average Bonchev–Trinajstić information content (AvgIpc) is 2.92. The fraction of sp³-hybridized carbons (Fsp3) is 0.471. The van der Waals surface area contributed by atoms with Gasteiger partial charge in [0.2, 0.25) is 5.88 Å². The summed E-state index contributed by atoms with van der Waals surface area (Å²) in [6.07, 6.45) is 2.69. The standard InChI is InChI=1S/C17H26N6O/c1-13-11-14(2)23(22-13)10-6-9-20-17(18-3)21-12-15-7-5-8-19-16(15)24-4/h5,7-8,11H,6,9-10,12H2,1-4H3,(H2,18,20,21). The quantitative estimate of drug-likeness (QED) is 0.459. The SMILES string of the molecule is CN=C(NCCCn1nc(C)cc1C)NCc1cccnc1OC. The number of nitrogens with one attached hydrogen (secondary N) is 2. The predicted molar refractivity (Wildman–Crippen MR) is 95.3 cm³/mol. The van der Waals surface area contributed by atoms with Crippen LogP contribution >= 0.6 is 0 Å². The number of nitrogens with zero attached hydrogens (tertiary/aromatic N) is 4. The number of aromatic nitrogens is 3.